The molecule has 0 unspecified atom stereocenters. The predicted molar refractivity (Wildman–Crippen MR) is 83.7 cm³/mol. The fraction of sp³-hybridized carbons (Fsp3) is 0.357. The van der Waals surface area contributed by atoms with Crippen LogP contribution in [-0.4, -0.2) is 35.9 Å². The van der Waals surface area contributed by atoms with Crippen molar-refractivity contribution in [2.75, 3.05) is 26.1 Å². The van der Waals surface area contributed by atoms with Crippen LogP contribution >= 0.6 is 12.2 Å². The largest absolute Gasteiger partial charge is 0.493 e. The maximum atomic E-state index is 5.29. The Morgan fingerprint density at radius 1 is 1.24 bits per heavy atom. The van der Waals surface area contributed by atoms with Crippen LogP contribution in [0.1, 0.15) is 11.3 Å². The van der Waals surface area contributed by atoms with E-state index in [1.165, 1.54) is 0 Å². The van der Waals surface area contributed by atoms with Gasteiger partial charge < -0.3 is 14.8 Å². The van der Waals surface area contributed by atoms with Crippen molar-refractivity contribution in [3.8, 4) is 11.5 Å². The number of rotatable bonds is 6. The second kappa shape index (κ2) is 7.03. The summed E-state index contributed by atoms with van der Waals surface area (Å²) in [4.78, 5) is 4.21. The molecule has 112 valence electrons. The number of hydrogen-bond acceptors (Lipinski definition) is 6. The number of anilines is 1. The Bertz CT molecular complexity index is 672. The summed E-state index contributed by atoms with van der Waals surface area (Å²) in [6.07, 6.45) is 0.826. The van der Waals surface area contributed by atoms with E-state index < -0.39 is 0 Å². The van der Waals surface area contributed by atoms with Crippen LogP contribution in [0.3, 0.4) is 0 Å². The first-order valence-corrected chi connectivity index (χ1v) is 6.93. The van der Waals surface area contributed by atoms with Gasteiger partial charge >= 0.3 is 0 Å². The summed E-state index contributed by atoms with van der Waals surface area (Å²) in [5, 5.41) is 9.96. The van der Waals surface area contributed by atoms with Gasteiger partial charge in [-0.3, -0.25) is 5.10 Å². The summed E-state index contributed by atoms with van der Waals surface area (Å²) in [6.45, 7) is 2.60. The van der Waals surface area contributed by atoms with Gasteiger partial charge in [0.05, 0.1) is 19.9 Å². The molecule has 0 atom stereocenters. The number of aryl methyl sites for hydroxylation is 1. The van der Waals surface area contributed by atoms with Crippen LogP contribution < -0.4 is 14.8 Å². The molecule has 0 radical (unpaired) electrons. The van der Waals surface area contributed by atoms with Gasteiger partial charge in [-0.25, -0.2) is 0 Å². The normalized spacial score (nSPS) is 10.2. The number of aromatic nitrogens is 3. The van der Waals surface area contributed by atoms with E-state index in [1.54, 1.807) is 14.2 Å². The molecular weight excluding hydrogens is 288 g/mol. The van der Waals surface area contributed by atoms with Crippen molar-refractivity contribution in [2.45, 2.75) is 13.3 Å². The van der Waals surface area contributed by atoms with Gasteiger partial charge in [-0.15, -0.1) is 0 Å². The molecule has 0 spiro atoms. The molecule has 1 heterocycles. The maximum Gasteiger partial charge on any atom is 0.215 e. The minimum atomic E-state index is 0.370. The lowest BCUT2D eigenvalue weighted by atomic mass is 10.1. The number of nitrogens with one attached hydrogen (secondary N) is 2. The summed E-state index contributed by atoms with van der Waals surface area (Å²) in [5.74, 6) is 2.16. The molecule has 7 heteroatoms. The SMILES string of the molecule is COc1ccc(CCNc2nc(=S)[nH]nc2C)cc1OC. The molecule has 2 N–H and O–H groups in total. The number of nitrogens with zero attached hydrogens (tertiary/aromatic N) is 2. The lowest BCUT2D eigenvalue weighted by Gasteiger charge is -2.10. The standard InChI is InChI=1S/C14H18N4O2S/c1-9-13(16-14(21)18-17-9)15-7-6-10-4-5-11(19-2)12(8-10)20-3/h4-5,8H,6-7H2,1-3H3,(H2,15,16,18,21). The van der Waals surface area contributed by atoms with Crippen LogP contribution in [0.4, 0.5) is 5.82 Å². The summed E-state index contributed by atoms with van der Waals surface area (Å²) in [5.41, 5.74) is 1.93. The Morgan fingerprint density at radius 2 is 2.00 bits per heavy atom. The van der Waals surface area contributed by atoms with Crippen LogP contribution in [0.25, 0.3) is 0 Å². The number of hydrogen-bond donors (Lipinski definition) is 2. The van der Waals surface area contributed by atoms with Gasteiger partial charge in [-0.05, 0) is 43.3 Å². The molecule has 0 fully saturated rings. The van der Waals surface area contributed by atoms with Gasteiger partial charge in [-0.2, -0.15) is 10.1 Å². The summed E-state index contributed by atoms with van der Waals surface area (Å²) >= 11 is 4.96. The van der Waals surface area contributed by atoms with Crippen molar-refractivity contribution >= 4 is 18.0 Å². The highest BCUT2D eigenvalue weighted by Crippen LogP contribution is 2.27. The summed E-state index contributed by atoms with van der Waals surface area (Å²) < 4.78 is 10.9. The molecule has 21 heavy (non-hydrogen) atoms. The third-order valence-corrected chi connectivity index (χ3v) is 3.21. The summed E-state index contributed by atoms with van der Waals surface area (Å²) in [7, 11) is 3.25. The van der Waals surface area contributed by atoms with Crippen molar-refractivity contribution in [1.29, 1.82) is 0 Å². The van der Waals surface area contributed by atoms with E-state index in [-0.39, 0.29) is 0 Å². The molecule has 0 aliphatic rings. The molecule has 2 rings (SSSR count). The molecular formula is C14H18N4O2S. The van der Waals surface area contributed by atoms with Gasteiger partial charge in [0, 0.05) is 6.54 Å². The van der Waals surface area contributed by atoms with Crippen molar-refractivity contribution in [2.24, 2.45) is 0 Å². The molecule has 0 saturated carbocycles. The highest BCUT2D eigenvalue weighted by atomic mass is 32.1. The Kier molecular flexibility index (Phi) is 5.10. The van der Waals surface area contributed by atoms with Crippen LogP contribution in [0.5, 0.6) is 11.5 Å². The van der Waals surface area contributed by atoms with E-state index in [0.29, 0.717) is 10.6 Å². The maximum absolute atomic E-state index is 5.29. The van der Waals surface area contributed by atoms with E-state index >= 15 is 0 Å². The Labute approximate surface area is 128 Å². The first-order chi connectivity index (χ1) is 10.1. The number of aromatic amines is 1. The smallest absolute Gasteiger partial charge is 0.215 e. The molecule has 6 nitrogen and oxygen atoms in total. The van der Waals surface area contributed by atoms with Crippen molar-refractivity contribution in [1.82, 2.24) is 15.2 Å². The third-order valence-electron chi connectivity index (χ3n) is 3.03. The highest BCUT2D eigenvalue weighted by Gasteiger charge is 2.05. The molecule has 0 bridgehead atoms. The average molecular weight is 306 g/mol. The first-order valence-electron chi connectivity index (χ1n) is 6.52. The molecule has 1 aromatic carbocycles. The highest BCUT2D eigenvalue weighted by molar-refractivity contribution is 7.71. The Morgan fingerprint density at radius 3 is 2.71 bits per heavy atom. The van der Waals surface area contributed by atoms with E-state index in [4.69, 9.17) is 21.7 Å². The second-order valence-electron chi connectivity index (χ2n) is 4.44. The van der Waals surface area contributed by atoms with Crippen LogP contribution in [0, 0.1) is 11.7 Å². The quantitative estimate of drug-likeness (QED) is 0.799. The molecule has 0 saturated heterocycles. The molecule has 0 aliphatic heterocycles. The second-order valence-corrected chi connectivity index (χ2v) is 4.83. The van der Waals surface area contributed by atoms with Crippen LogP contribution in [-0.2, 0) is 6.42 Å². The monoisotopic (exact) mass is 306 g/mol. The molecule has 0 amide bonds. The topological polar surface area (TPSA) is 72.1 Å². The van der Waals surface area contributed by atoms with Gasteiger partial charge in [-0.1, -0.05) is 6.07 Å². The molecule has 2 aromatic rings. The molecule has 1 aromatic heterocycles. The van der Waals surface area contributed by atoms with Crippen LogP contribution in [0.15, 0.2) is 18.2 Å². The number of methoxy groups -OCH3 is 2. The van der Waals surface area contributed by atoms with Crippen LogP contribution in [0.2, 0.25) is 0 Å². The number of ether oxygens (including phenoxy) is 2. The first kappa shape index (κ1) is 15.2. The fourth-order valence-electron chi connectivity index (χ4n) is 1.92. The van der Waals surface area contributed by atoms with E-state index in [0.717, 1.165) is 35.7 Å². The zero-order chi connectivity index (χ0) is 15.2. The number of H-pyrrole nitrogens is 1. The van der Waals surface area contributed by atoms with E-state index in [1.807, 2.05) is 25.1 Å². The van der Waals surface area contributed by atoms with Gasteiger partial charge in [0.15, 0.2) is 17.3 Å². The lowest BCUT2D eigenvalue weighted by molar-refractivity contribution is 0.354. The van der Waals surface area contributed by atoms with Gasteiger partial charge in [0.2, 0.25) is 4.77 Å². The minimum Gasteiger partial charge on any atom is -0.493 e. The van der Waals surface area contributed by atoms with Crippen molar-refractivity contribution in [3.63, 3.8) is 0 Å². The van der Waals surface area contributed by atoms with E-state index in [2.05, 4.69) is 20.5 Å². The lowest BCUT2D eigenvalue weighted by Crippen LogP contribution is -2.09. The van der Waals surface area contributed by atoms with Gasteiger partial charge in [0.25, 0.3) is 0 Å². The Balaban J connectivity index is 2.00. The van der Waals surface area contributed by atoms with Gasteiger partial charge in [0.1, 0.15) is 0 Å². The zero-order valence-corrected chi connectivity index (χ0v) is 13.1. The predicted octanol–water partition coefficient (Wildman–Crippen LogP) is 2.51. The summed E-state index contributed by atoms with van der Waals surface area (Å²) in [6, 6.07) is 5.88. The third kappa shape index (κ3) is 3.91. The minimum absolute atomic E-state index is 0.370. The Hall–Kier alpha value is -2.15. The average Bonchev–Trinajstić information content (AvgIpc) is 2.50. The number of benzene rings is 1. The molecule has 0 aliphatic carbocycles. The fourth-order valence-corrected chi connectivity index (χ4v) is 2.06. The van der Waals surface area contributed by atoms with Crippen molar-refractivity contribution in [3.05, 3.63) is 34.2 Å². The van der Waals surface area contributed by atoms with E-state index in [9.17, 15) is 0 Å². The van der Waals surface area contributed by atoms with Crippen molar-refractivity contribution < 1.29 is 9.47 Å². The zero-order valence-electron chi connectivity index (χ0n) is 12.3.